The van der Waals surface area contributed by atoms with Crippen molar-refractivity contribution >= 4 is 0 Å². The van der Waals surface area contributed by atoms with Crippen LogP contribution in [0, 0.1) is 5.92 Å². The van der Waals surface area contributed by atoms with Gasteiger partial charge in [0.2, 0.25) is 0 Å². The van der Waals surface area contributed by atoms with Crippen LogP contribution >= 0.6 is 0 Å². The summed E-state index contributed by atoms with van der Waals surface area (Å²) >= 11 is 0. The highest BCUT2D eigenvalue weighted by atomic mass is 15.3. The fraction of sp³-hybridized carbons (Fsp3) is 1.00. The summed E-state index contributed by atoms with van der Waals surface area (Å²) in [6, 6.07) is 0.677. The lowest BCUT2D eigenvalue weighted by Gasteiger charge is -2.38. The van der Waals surface area contributed by atoms with E-state index in [9.17, 15) is 0 Å². The Morgan fingerprint density at radius 1 is 1.05 bits per heavy atom. The van der Waals surface area contributed by atoms with E-state index in [0.29, 0.717) is 6.04 Å². The summed E-state index contributed by atoms with van der Waals surface area (Å²) in [7, 11) is 2.23. The highest BCUT2D eigenvalue weighted by Gasteiger charge is 2.24. The molecule has 2 saturated heterocycles. The molecule has 0 aromatic rings. The van der Waals surface area contributed by atoms with Crippen molar-refractivity contribution in [1.29, 1.82) is 0 Å². The molecule has 2 heterocycles. The van der Waals surface area contributed by atoms with Crippen molar-refractivity contribution in [3.8, 4) is 0 Å². The van der Waals surface area contributed by atoms with Gasteiger partial charge in [-0.1, -0.05) is 6.92 Å². The van der Waals surface area contributed by atoms with Crippen molar-refractivity contribution < 1.29 is 0 Å². The Bertz CT molecular complexity index is 276. The van der Waals surface area contributed by atoms with Crippen LogP contribution in [0.4, 0.5) is 0 Å². The van der Waals surface area contributed by atoms with E-state index in [1.807, 2.05) is 0 Å². The Labute approximate surface area is 131 Å². The molecular formula is C17H36N4. The van der Waals surface area contributed by atoms with E-state index in [4.69, 9.17) is 0 Å². The third kappa shape index (κ3) is 5.85. The first kappa shape index (κ1) is 17.2. The van der Waals surface area contributed by atoms with Crippen LogP contribution in [0.2, 0.25) is 0 Å². The van der Waals surface area contributed by atoms with Gasteiger partial charge in [0.15, 0.2) is 0 Å². The molecule has 0 radical (unpaired) electrons. The maximum atomic E-state index is 3.69. The Morgan fingerprint density at radius 3 is 2.48 bits per heavy atom. The molecule has 124 valence electrons. The van der Waals surface area contributed by atoms with E-state index in [2.05, 4.69) is 40.9 Å². The van der Waals surface area contributed by atoms with E-state index in [1.165, 1.54) is 78.2 Å². The maximum absolute atomic E-state index is 3.69. The number of nitrogens with zero attached hydrogens (tertiary/aromatic N) is 3. The molecular weight excluding hydrogens is 260 g/mol. The number of hydrogen-bond acceptors (Lipinski definition) is 4. The third-order valence-electron chi connectivity index (χ3n) is 5.29. The van der Waals surface area contributed by atoms with Crippen molar-refractivity contribution in [2.75, 3.05) is 66.0 Å². The van der Waals surface area contributed by atoms with Crippen LogP contribution in [-0.4, -0.2) is 86.7 Å². The third-order valence-corrected chi connectivity index (χ3v) is 5.29. The molecule has 2 rings (SSSR count). The Balaban J connectivity index is 1.66. The van der Waals surface area contributed by atoms with Gasteiger partial charge in [0.1, 0.15) is 0 Å². The lowest BCUT2D eigenvalue weighted by molar-refractivity contribution is 0.108. The van der Waals surface area contributed by atoms with Gasteiger partial charge in [-0.15, -0.1) is 0 Å². The van der Waals surface area contributed by atoms with Gasteiger partial charge in [-0.25, -0.2) is 0 Å². The molecule has 0 bridgehead atoms. The highest BCUT2D eigenvalue weighted by molar-refractivity contribution is 4.81. The van der Waals surface area contributed by atoms with Gasteiger partial charge in [-0.3, -0.25) is 4.90 Å². The lowest BCUT2D eigenvalue weighted by Crippen LogP contribution is -2.49. The lowest BCUT2D eigenvalue weighted by atomic mass is 9.91. The largest absolute Gasteiger partial charge is 0.314 e. The average molecular weight is 297 g/mol. The second-order valence-corrected chi connectivity index (χ2v) is 7.09. The SMILES string of the molecule is CCCNC(C)C1CCCN(CCN2CCN(C)CC2)C1. The standard InChI is InChI=1S/C17H36N4/c1-4-7-18-16(2)17-6-5-8-21(15-17)14-13-20-11-9-19(3)10-12-20/h16-18H,4-15H2,1-3H3. The molecule has 2 fully saturated rings. The number of likely N-dealkylation sites (N-methyl/N-ethyl adjacent to an activating group) is 1. The molecule has 2 atom stereocenters. The van der Waals surface area contributed by atoms with Gasteiger partial charge in [0, 0.05) is 51.9 Å². The molecule has 0 spiro atoms. The minimum absolute atomic E-state index is 0.677. The fourth-order valence-electron chi connectivity index (χ4n) is 3.60. The van der Waals surface area contributed by atoms with Crippen molar-refractivity contribution in [3.05, 3.63) is 0 Å². The van der Waals surface area contributed by atoms with Gasteiger partial charge in [0.05, 0.1) is 0 Å². The van der Waals surface area contributed by atoms with Gasteiger partial charge in [-0.05, 0) is 52.2 Å². The zero-order valence-electron chi connectivity index (χ0n) is 14.5. The topological polar surface area (TPSA) is 21.8 Å². The fourth-order valence-corrected chi connectivity index (χ4v) is 3.60. The summed E-state index contributed by atoms with van der Waals surface area (Å²) in [6.45, 7) is 15.9. The Hall–Kier alpha value is -0.160. The van der Waals surface area contributed by atoms with E-state index in [0.717, 1.165) is 5.92 Å². The maximum Gasteiger partial charge on any atom is 0.0110 e. The summed E-state index contributed by atoms with van der Waals surface area (Å²) in [5, 5.41) is 3.69. The Morgan fingerprint density at radius 2 is 1.76 bits per heavy atom. The van der Waals surface area contributed by atoms with Gasteiger partial charge in [0.25, 0.3) is 0 Å². The Kier molecular flexibility index (Phi) is 7.44. The molecule has 2 aliphatic heterocycles. The summed E-state index contributed by atoms with van der Waals surface area (Å²) in [5.74, 6) is 0.845. The molecule has 21 heavy (non-hydrogen) atoms. The predicted octanol–water partition coefficient (Wildman–Crippen LogP) is 1.33. The van der Waals surface area contributed by atoms with E-state index in [-0.39, 0.29) is 0 Å². The number of hydrogen-bond donors (Lipinski definition) is 1. The molecule has 0 amide bonds. The summed E-state index contributed by atoms with van der Waals surface area (Å²) in [4.78, 5) is 7.79. The van der Waals surface area contributed by atoms with Crippen LogP contribution in [0.3, 0.4) is 0 Å². The molecule has 4 nitrogen and oxygen atoms in total. The number of piperidine rings is 1. The molecule has 0 aromatic carbocycles. The molecule has 0 aliphatic carbocycles. The van der Waals surface area contributed by atoms with Gasteiger partial charge < -0.3 is 15.1 Å². The molecule has 4 heteroatoms. The second kappa shape index (κ2) is 9.09. The van der Waals surface area contributed by atoms with E-state index >= 15 is 0 Å². The van der Waals surface area contributed by atoms with Gasteiger partial charge in [-0.2, -0.15) is 0 Å². The quantitative estimate of drug-likeness (QED) is 0.765. The molecule has 2 unspecified atom stereocenters. The first-order valence-corrected chi connectivity index (χ1v) is 9.05. The van der Waals surface area contributed by atoms with Crippen molar-refractivity contribution in [2.45, 2.75) is 39.2 Å². The van der Waals surface area contributed by atoms with Crippen LogP contribution in [0.15, 0.2) is 0 Å². The van der Waals surface area contributed by atoms with Crippen molar-refractivity contribution in [1.82, 2.24) is 20.0 Å². The summed E-state index contributed by atoms with van der Waals surface area (Å²) < 4.78 is 0. The number of nitrogens with one attached hydrogen (secondary N) is 1. The minimum Gasteiger partial charge on any atom is -0.314 e. The smallest absolute Gasteiger partial charge is 0.0110 e. The zero-order valence-corrected chi connectivity index (χ0v) is 14.5. The average Bonchev–Trinajstić information content (AvgIpc) is 2.52. The van der Waals surface area contributed by atoms with Crippen LogP contribution in [0.25, 0.3) is 0 Å². The van der Waals surface area contributed by atoms with E-state index < -0.39 is 0 Å². The monoisotopic (exact) mass is 296 g/mol. The molecule has 2 aliphatic rings. The summed E-state index contributed by atoms with van der Waals surface area (Å²) in [6.07, 6.45) is 4.03. The number of likely N-dealkylation sites (tertiary alicyclic amines) is 1. The summed E-state index contributed by atoms with van der Waals surface area (Å²) in [5.41, 5.74) is 0. The van der Waals surface area contributed by atoms with Crippen LogP contribution in [-0.2, 0) is 0 Å². The van der Waals surface area contributed by atoms with E-state index in [1.54, 1.807) is 0 Å². The zero-order chi connectivity index (χ0) is 15.1. The molecule has 0 saturated carbocycles. The number of piperazine rings is 1. The first-order valence-electron chi connectivity index (χ1n) is 9.05. The van der Waals surface area contributed by atoms with Crippen LogP contribution in [0.1, 0.15) is 33.1 Å². The van der Waals surface area contributed by atoms with Gasteiger partial charge >= 0.3 is 0 Å². The number of rotatable bonds is 7. The minimum atomic E-state index is 0.677. The van der Waals surface area contributed by atoms with Crippen molar-refractivity contribution in [2.24, 2.45) is 5.92 Å². The predicted molar refractivity (Wildman–Crippen MR) is 90.9 cm³/mol. The molecule has 1 N–H and O–H groups in total. The van der Waals surface area contributed by atoms with Crippen LogP contribution < -0.4 is 5.32 Å². The second-order valence-electron chi connectivity index (χ2n) is 7.09. The van der Waals surface area contributed by atoms with Crippen molar-refractivity contribution in [3.63, 3.8) is 0 Å². The first-order chi connectivity index (χ1) is 10.2. The highest BCUT2D eigenvalue weighted by Crippen LogP contribution is 2.19. The van der Waals surface area contributed by atoms with Crippen LogP contribution in [0.5, 0.6) is 0 Å². The molecule has 0 aromatic heterocycles. The normalized spacial score (nSPS) is 27.9.